The van der Waals surface area contributed by atoms with Gasteiger partial charge in [0.15, 0.2) is 0 Å². The van der Waals surface area contributed by atoms with E-state index in [-0.39, 0.29) is 17.7 Å². The first-order chi connectivity index (χ1) is 16.1. The number of amides is 1. The van der Waals surface area contributed by atoms with Gasteiger partial charge in [0, 0.05) is 68.6 Å². The molecule has 0 saturated carbocycles. The van der Waals surface area contributed by atoms with Crippen molar-refractivity contribution < 1.29 is 14.3 Å². The molecule has 0 unspecified atom stereocenters. The van der Waals surface area contributed by atoms with E-state index in [1.54, 1.807) is 13.3 Å². The number of carbonyl (C=O) groups excluding carboxylic acids is 1. The molecule has 1 aliphatic heterocycles. The van der Waals surface area contributed by atoms with Crippen LogP contribution in [0.3, 0.4) is 0 Å². The summed E-state index contributed by atoms with van der Waals surface area (Å²) < 4.78 is 11.1. The molecular formula is C26H34N4O3. The van der Waals surface area contributed by atoms with Crippen LogP contribution in [0, 0.1) is 18.8 Å². The topological polar surface area (TPSA) is 79.5 Å². The van der Waals surface area contributed by atoms with Crippen LogP contribution < -0.4 is 10.1 Å². The highest BCUT2D eigenvalue weighted by Gasteiger charge is 2.32. The lowest BCUT2D eigenvalue weighted by molar-refractivity contribution is -0.127. The van der Waals surface area contributed by atoms with Crippen LogP contribution in [-0.2, 0) is 16.1 Å². The molecule has 7 heteroatoms. The highest BCUT2D eigenvalue weighted by atomic mass is 16.5. The molecule has 1 saturated heterocycles. The average molecular weight is 451 g/mol. The molecule has 2 atom stereocenters. The number of pyridine rings is 1. The van der Waals surface area contributed by atoms with Crippen LogP contribution in [0.4, 0.5) is 0 Å². The molecule has 1 amide bonds. The molecule has 0 aliphatic carbocycles. The number of benzene rings is 1. The lowest BCUT2D eigenvalue weighted by atomic mass is 9.88. The second kappa shape index (κ2) is 11.3. The van der Waals surface area contributed by atoms with Crippen molar-refractivity contribution in [2.75, 3.05) is 40.0 Å². The minimum atomic E-state index is -0.0590. The molecule has 4 rings (SSSR count). The average Bonchev–Trinajstić information content (AvgIpc) is 3.24. The van der Waals surface area contributed by atoms with Gasteiger partial charge in [0.25, 0.3) is 0 Å². The maximum Gasteiger partial charge on any atom is 0.224 e. The number of aryl methyl sites for hydroxylation is 1. The second-order valence-corrected chi connectivity index (χ2v) is 8.94. The molecule has 1 aliphatic rings. The zero-order chi connectivity index (χ0) is 23.0. The quantitative estimate of drug-likeness (QED) is 0.462. The van der Waals surface area contributed by atoms with Gasteiger partial charge < -0.3 is 19.8 Å². The Bertz CT molecular complexity index is 1030. The largest absolute Gasteiger partial charge is 0.492 e. The summed E-state index contributed by atoms with van der Waals surface area (Å²) in [6, 6.07) is 12.3. The van der Waals surface area contributed by atoms with E-state index in [0.717, 1.165) is 49.4 Å². The first-order valence-corrected chi connectivity index (χ1v) is 11.7. The van der Waals surface area contributed by atoms with Gasteiger partial charge in [0.1, 0.15) is 5.75 Å². The van der Waals surface area contributed by atoms with Crippen molar-refractivity contribution in [2.45, 2.75) is 26.3 Å². The number of methoxy groups -OCH3 is 1. The number of hydrogen-bond acceptors (Lipinski definition) is 5. The molecule has 0 spiro atoms. The molecule has 3 aromatic rings. The lowest BCUT2D eigenvalue weighted by Gasteiger charge is -2.37. The highest BCUT2D eigenvalue weighted by molar-refractivity contribution is 5.83. The summed E-state index contributed by atoms with van der Waals surface area (Å²) in [5.41, 5.74) is 3.37. The smallest absolute Gasteiger partial charge is 0.224 e. The first-order valence-electron chi connectivity index (χ1n) is 11.7. The van der Waals surface area contributed by atoms with E-state index in [9.17, 15) is 4.79 Å². The number of piperidine rings is 1. The monoisotopic (exact) mass is 450 g/mol. The zero-order valence-electron chi connectivity index (χ0n) is 19.5. The van der Waals surface area contributed by atoms with E-state index < -0.39 is 0 Å². The fourth-order valence-electron chi connectivity index (χ4n) is 4.57. The van der Waals surface area contributed by atoms with Crippen molar-refractivity contribution in [3.05, 3.63) is 60.0 Å². The molecule has 0 radical (unpaired) electrons. The Balaban J connectivity index is 1.42. The van der Waals surface area contributed by atoms with Crippen molar-refractivity contribution in [3.63, 3.8) is 0 Å². The Morgan fingerprint density at radius 2 is 2.12 bits per heavy atom. The number of aromatic nitrogens is 2. The maximum absolute atomic E-state index is 12.9. The van der Waals surface area contributed by atoms with E-state index in [1.807, 2.05) is 25.1 Å². The number of aromatic amines is 1. The SMILES string of the molecule is COCCCNC(=O)[C@@H]1C[C@H](COc2ccc(C)nc2)CN(Cc2c[nH]c3ccccc23)C1. The molecule has 2 N–H and O–H groups in total. The molecule has 3 heterocycles. The van der Waals surface area contributed by atoms with E-state index >= 15 is 0 Å². The Morgan fingerprint density at radius 1 is 1.24 bits per heavy atom. The Morgan fingerprint density at radius 3 is 2.94 bits per heavy atom. The molecule has 0 bridgehead atoms. The number of nitrogens with zero attached hydrogens (tertiary/aromatic N) is 2. The van der Waals surface area contributed by atoms with Crippen LogP contribution in [0.5, 0.6) is 5.75 Å². The summed E-state index contributed by atoms with van der Waals surface area (Å²) in [6.07, 6.45) is 5.49. The third kappa shape index (κ3) is 6.33. The fourth-order valence-corrected chi connectivity index (χ4v) is 4.57. The fraction of sp³-hybridized carbons (Fsp3) is 0.462. The molecule has 1 aromatic carbocycles. The van der Waals surface area contributed by atoms with Gasteiger partial charge in [-0.25, -0.2) is 0 Å². The first kappa shape index (κ1) is 23.3. The van der Waals surface area contributed by atoms with E-state index in [4.69, 9.17) is 9.47 Å². The number of nitrogens with one attached hydrogen (secondary N) is 2. The second-order valence-electron chi connectivity index (χ2n) is 8.94. The van der Waals surface area contributed by atoms with E-state index in [2.05, 4.69) is 44.6 Å². The third-order valence-electron chi connectivity index (χ3n) is 6.25. The summed E-state index contributed by atoms with van der Waals surface area (Å²) in [5, 5.41) is 4.33. The summed E-state index contributed by atoms with van der Waals surface area (Å²) >= 11 is 0. The Labute approximate surface area is 195 Å². The molecule has 33 heavy (non-hydrogen) atoms. The minimum absolute atomic E-state index is 0.0590. The molecule has 1 fully saturated rings. The highest BCUT2D eigenvalue weighted by Crippen LogP contribution is 2.27. The van der Waals surface area contributed by atoms with Crippen molar-refractivity contribution in [1.82, 2.24) is 20.2 Å². The van der Waals surface area contributed by atoms with Gasteiger partial charge in [0.2, 0.25) is 5.91 Å². The van der Waals surface area contributed by atoms with Gasteiger partial charge in [-0.05, 0) is 43.5 Å². The van der Waals surface area contributed by atoms with Gasteiger partial charge in [-0.2, -0.15) is 0 Å². The van der Waals surface area contributed by atoms with Crippen LogP contribution in [0.15, 0.2) is 48.8 Å². The van der Waals surface area contributed by atoms with Crippen LogP contribution in [0.1, 0.15) is 24.1 Å². The van der Waals surface area contributed by atoms with Gasteiger partial charge in [0.05, 0.1) is 18.7 Å². The van der Waals surface area contributed by atoms with Gasteiger partial charge >= 0.3 is 0 Å². The summed E-state index contributed by atoms with van der Waals surface area (Å²) in [4.78, 5) is 23.0. The van der Waals surface area contributed by atoms with Gasteiger partial charge in [-0.3, -0.25) is 14.7 Å². The normalized spacial score (nSPS) is 19.0. The number of ether oxygens (including phenoxy) is 2. The zero-order valence-corrected chi connectivity index (χ0v) is 19.5. The number of hydrogen-bond donors (Lipinski definition) is 2. The maximum atomic E-state index is 12.9. The van der Waals surface area contributed by atoms with Gasteiger partial charge in [-0.1, -0.05) is 18.2 Å². The number of para-hydroxylation sites is 1. The van der Waals surface area contributed by atoms with Crippen molar-refractivity contribution in [2.24, 2.45) is 11.8 Å². The predicted molar refractivity (Wildman–Crippen MR) is 129 cm³/mol. The lowest BCUT2D eigenvalue weighted by Crippen LogP contribution is -2.47. The molecule has 7 nitrogen and oxygen atoms in total. The van der Waals surface area contributed by atoms with Gasteiger partial charge in [-0.15, -0.1) is 0 Å². The van der Waals surface area contributed by atoms with Crippen molar-refractivity contribution in [1.29, 1.82) is 0 Å². The number of carbonyl (C=O) groups is 1. The standard InChI is InChI=1S/C26H34N4O3/c1-19-8-9-23(14-28-19)33-18-20-12-21(26(31)27-10-5-11-32-2)16-30(15-20)17-22-13-29-25-7-4-3-6-24(22)25/h3-4,6-9,13-14,20-21,29H,5,10-12,15-18H2,1-2H3,(H,27,31)/t20-,21+/m0/s1. The van der Waals surface area contributed by atoms with Crippen molar-refractivity contribution >= 4 is 16.8 Å². The van der Waals surface area contributed by atoms with Crippen LogP contribution in [0.2, 0.25) is 0 Å². The van der Waals surface area contributed by atoms with Crippen molar-refractivity contribution in [3.8, 4) is 5.75 Å². The van der Waals surface area contributed by atoms with Crippen LogP contribution in [0.25, 0.3) is 10.9 Å². The molecule has 176 valence electrons. The number of H-pyrrole nitrogens is 1. The number of fused-ring (bicyclic) bond motifs is 1. The Hall–Kier alpha value is -2.90. The van der Waals surface area contributed by atoms with Crippen LogP contribution in [-0.4, -0.2) is 60.7 Å². The number of rotatable bonds is 10. The van der Waals surface area contributed by atoms with Crippen LogP contribution >= 0.6 is 0 Å². The van der Waals surface area contributed by atoms with E-state index in [0.29, 0.717) is 19.8 Å². The Kier molecular flexibility index (Phi) is 7.96. The molecule has 2 aromatic heterocycles. The molecular weight excluding hydrogens is 416 g/mol. The number of likely N-dealkylation sites (tertiary alicyclic amines) is 1. The summed E-state index contributed by atoms with van der Waals surface area (Å²) in [7, 11) is 1.68. The third-order valence-corrected chi connectivity index (χ3v) is 6.25. The minimum Gasteiger partial charge on any atom is -0.492 e. The predicted octanol–water partition coefficient (Wildman–Crippen LogP) is 3.54. The summed E-state index contributed by atoms with van der Waals surface area (Å²) in [5.74, 6) is 1.10. The summed E-state index contributed by atoms with van der Waals surface area (Å²) in [6.45, 7) is 6.27. The van der Waals surface area contributed by atoms with E-state index in [1.165, 1.54) is 10.9 Å².